The Hall–Kier alpha value is -0.580. The molecule has 0 bridgehead atoms. The van der Waals surface area contributed by atoms with Gasteiger partial charge in [-0.3, -0.25) is 9.58 Å². The highest BCUT2D eigenvalue weighted by molar-refractivity contribution is 6.31. The predicted molar refractivity (Wildman–Crippen MR) is 68.2 cm³/mol. The Balaban J connectivity index is 2.12. The number of hydrogen-bond donors (Lipinski definition) is 1. The first-order chi connectivity index (χ1) is 7.96. The molecule has 1 aliphatic heterocycles. The zero-order valence-corrected chi connectivity index (χ0v) is 11.5. The molecule has 2 rings (SSSR count). The summed E-state index contributed by atoms with van der Waals surface area (Å²) < 4.78 is 1.97. The number of aromatic nitrogens is 2. The molecule has 1 saturated heterocycles. The Labute approximate surface area is 107 Å². The van der Waals surface area contributed by atoms with Gasteiger partial charge in [0.05, 0.1) is 22.0 Å². The van der Waals surface area contributed by atoms with Gasteiger partial charge in [0.15, 0.2) is 0 Å². The van der Waals surface area contributed by atoms with Gasteiger partial charge in [0.1, 0.15) is 0 Å². The van der Waals surface area contributed by atoms with Gasteiger partial charge in [-0.25, -0.2) is 0 Å². The number of hydrogen-bond acceptors (Lipinski definition) is 3. The Bertz CT molecular complexity index is 406. The van der Waals surface area contributed by atoms with E-state index >= 15 is 0 Å². The third kappa shape index (κ3) is 2.49. The Morgan fingerprint density at radius 1 is 1.41 bits per heavy atom. The van der Waals surface area contributed by atoms with E-state index in [1.54, 1.807) is 0 Å². The highest BCUT2D eigenvalue weighted by Crippen LogP contribution is 2.27. The van der Waals surface area contributed by atoms with Crippen molar-refractivity contribution in [3.8, 4) is 0 Å². The van der Waals surface area contributed by atoms with E-state index in [-0.39, 0.29) is 0 Å². The molecule has 4 nitrogen and oxygen atoms in total. The number of aryl methyl sites for hydroxylation is 2. The smallest absolute Gasteiger partial charge is 0.0872 e. The molecule has 96 valence electrons. The van der Waals surface area contributed by atoms with Gasteiger partial charge in [-0.05, 0) is 20.3 Å². The summed E-state index contributed by atoms with van der Waals surface area (Å²) in [7, 11) is 0. The van der Waals surface area contributed by atoms with E-state index in [1.165, 1.54) is 0 Å². The average Bonchev–Trinajstić information content (AvgIpc) is 2.53. The molecule has 0 radical (unpaired) electrons. The summed E-state index contributed by atoms with van der Waals surface area (Å²) in [5, 5.41) is 15.0. The van der Waals surface area contributed by atoms with Crippen molar-refractivity contribution in [3.63, 3.8) is 0 Å². The van der Waals surface area contributed by atoms with Crippen LogP contribution in [0.25, 0.3) is 0 Å². The van der Waals surface area contributed by atoms with Crippen LogP contribution in [0.2, 0.25) is 5.02 Å². The summed E-state index contributed by atoms with van der Waals surface area (Å²) in [5.74, 6) is 0. The summed E-state index contributed by atoms with van der Waals surface area (Å²) in [6.07, 6.45) is 0.858. The number of halogens is 1. The predicted octanol–water partition coefficient (Wildman–Crippen LogP) is 1.69. The van der Waals surface area contributed by atoms with E-state index in [0.29, 0.717) is 13.1 Å². The highest BCUT2D eigenvalue weighted by atomic mass is 35.5. The van der Waals surface area contributed by atoms with Crippen molar-refractivity contribution < 1.29 is 5.11 Å². The van der Waals surface area contributed by atoms with E-state index in [2.05, 4.69) is 23.8 Å². The molecule has 0 aliphatic carbocycles. The lowest BCUT2D eigenvalue weighted by atomic mass is 9.97. The summed E-state index contributed by atoms with van der Waals surface area (Å²) in [4.78, 5) is 2.19. The van der Waals surface area contributed by atoms with Crippen LogP contribution in [0.3, 0.4) is 0 Å². The van der Waals surface area contributed by atoms with Crippen LogP contribution >= 0.6 is 11.6 Å². The molecule has 0 atom stereocenters. The van der Waals surface area contributed by atoms with Crippen LogP contribution in [0, 0.1) is 0 Å². The van der Waals surface area contributed by atoms with Crippen LogP contribution in [0.1, 0.15) is 32.2 Å². The monoisotopic (exact) mass is 257 g/mol. The first-order valence-corrected chi connectivity index (χ1v) is 6.53. The van der Waals surface area contributed by atoms with E-state index in [9.17, 15) is 5.11 Å². The topological polar surface area (TPSA) is 41.3 Å². The molecule has 1 N–H and O–H groups in total. The van der Waals surface area contributed by atoms with Crippen molar-refractivity contribution in [2.24, 2.45) is 0 Å². The second-order valence-corrected chi connectivity index (χ2v) is 5.40. The minimum Gasteiger partial charge on any atom is -0.388 e. The first kappa shape index (κ1) is 12.9. The minimum absolute atomic E-state index is 0.531. The van der Waals surface area contributed by atoms with Gasteiger partial charge in [-0.15, -0.1) is 0 Å². The van der Waals surface area contributed by atoms with Gasteiger partial charge in [0, 0.05) is 26.2 Å². The Morgan fingerprint density at radius 2 is 2.06 bits per heavy atom. The van der Waals surface area contributed by atoms with Gasteiger partial charge in [0.25, 0.3) is 0 Å². The standard InChI is InChI=1S/C12H20ClN3O/c1-4-9-11(13)10(16(5-2)14-9)6-15-7-12(3,17)8-15/h17H,4-8H2,1-3H3. The molecule has 0 aromatic carbocycles. The molecule has 1 aliphatic rings. The Kier molecular flexibility index (Phi) is 3.48. The summed E-state index contributed by atoms with van der Waals surface area (Å²) in [5.41, 5.74) is 1.51. The van der Waals surface area contributed by atoms with Gasteiger partial charge >= 0.3 is 0 Å². The molecule has 0 saturated carbocycles. The van der Waals surface area contributed by atoms with Crippen molar-refractivity contribution in [1.82, 2.24) is 14.7 Å². The fourth-order valence-corrected chi connectivity index (χ4v) is 2.74. The van der Waals surface area contributed by atoms with Crippen LogP contribution in [-0.4, -0.2) is 38.5 Å². The molecule has 5 heteroatoms. The molecule has 17 heavy (non-hydrogen) atoms. The second kappa shape index (κ2) is 4.59. The van der Waals surface area contributed by atoms with Gasteiger partial charge in [-0.2, -0.15) is 5.10 Å². The number of aliphatic hydroxyl groups is 1. The normalized spacial score (nSPS) is 19.4. The van der Waals surface area contributed by atoms with E-state index in [0.717, 1.165) is 35.9 Å². The van der Waals surface area contributed by atoms with E-state index < -0.39 is 5.60 Å². The lowest BCUT2D eigenvalue weighted by molar-refractivity contribution is -0.0879. The minimum atomic E-state index is -0.531. The molecule has 1 aromatic heterocycles. The largest absolute Gasteiger partial charge is 0.388 e. The number of rotatable bonds is 4. The van der Waals surface area contributed by atoms with Crippen LogP contribution < -0.4 is 0 Å². The van der Waals surface area contributed by atoms with Crippen molar-refractivity contribution in [2.45, 2.75) is 45.9 Å². The molecular weight excluding hydrogens is 238 g/mol. The van der Waals surface area contributed by atoms with Gasteiger partial charge < -0.3 is 5.11 Å². The first-order valence-electron chi connectivity index (χ1n) is 6.15. The lowest BCUT2D eigenvalue weighted by Crippen LogP contribution is -2.59. The zero-order chi connectivity index (χ0) is 12.6. The van der Waals surface area contributed by atoms with Crippen LogP contribution in [-0.2, 0) is 19.5 Å². The fraction of sp³-hybridized carbons (Fsp3) is 0.750. The Morgan fingerprint density at radius 3 is 2.53 bits per heavy atom. The average molecular weight is 258 g/mol. The summed E-state index contributed by atoms with van der Waals surface area (Å²) >= 11 is 6.33. The van der Waals surface area contributed by atoms with Crippen LogP contribution in [0.4, 0.5) is 0 Å². The summed E-state index contributed by atoms with van der Waals surface area (Å²) in [6, 6.07) is 0. The SMILES string of the molecule is CCc1nn(CC)c(CN2CC(C)(O)C2)c1Cl. The maximum absolute atomic E-state index is 9.71. The van der Waals surface area contributed by atoms with Crippen molar-refractivity contribution in [2.75, 3.05) is 13.1 Å². The lowest BCUT2D eigenvalue weighted by Gasteiger charge is -2.44. The maximum atomic E-state index is 9.71. The number of β-amino-alcohol motifs (C(OH)–C–C–N with tert-alkyl or cyclic N) is 1. The molecular formula is C12H20ClN3O. The molecule has 0 spiro atoms. The number of likely N-dealkylation sites (tertiary alicyclic amines) is 1. The molecule has 1 fully saturated rings. The molecule has 2 heterocycles. The number of nitrogens with zero attached hydrogens (tertiary/aromatic N) is 3. The molecule has 0 unspecified atom stereocenters. The molecule has 0 amide bonds. The van der Waals surface area contributed by atoms with Crippen molar-refractivity contribution in [3.05, 3.63) is 16.4 Å². The van der Waals surface area contributed by atoms with Crippen molar-refractivity contribution in [1.29, 1.82) is 0 Å². The summed E-state index contributed by atoms with van der Waals surface area (Å²) in [6.45, 7) is 9.01. The van der Waals surface area contributed by atoms with Crippen LogP contribution in [0.15, 0.2) is 0 Å². The quantitative estimate of drug-likeness (QED) is 0.893. The van der Waals surface area contributed by atoms with E-state index in [4.69, 9.17) is 11.6 Å². The zero-order valence-electron chi connectivity index (χ0n) is 10.7. The van der Waals surface area contributed by atoms with Crippen molar-refractivity contribution >= 4 is 11.6 Å². The van der Waals surface area contributed by atoms with E-state index in [1.807, 2.05) is 11.6 Å². The fourth-order valence-electron chi connectivity index (χ4n) is 2.41. The van der Waals surface area contributed by atoms with Crippen LogP contribution in [0.5, 0.6) is 0 Å². The third-order valence-electron chi connectivity index (χ3n) is 3.20. The van der Waals surface area contributed by atoms with Gasteiger partial charge in [-0.1, -0.05) is 18.5 Å². The van der Waals surface area contributed by atoms with Gasteiger partial charge in [0.2, 0.25) is 0 Å². The highest BCUT2D eigenvalue weighted by Gasteiger charge is 2.37. The molecule has 1 aromatic rings. The second-order valence-electron chi connectivity index (χ2n) is 5.02. The maximum Gasteiger partial charge on any atom is 0.0872 e. The third-order valence-corrected chi connectivity index (χ3v) is 3.63.